The van der Waals surface area contributed by atoms with Gasteiger partial charge < -0.3 is 9.88 Å². The third-order valence-corrected chi connectivity index (χ3v) is 3.40. The van der Waals surface area contributed by atoms with E-state index in [9.17, 15) is 9.59 Å². The van der Waals surface area contributed by atoms with E-state index in [2.05, 4.69) is 36.2 Å². The summed E-state index contributed by atoms with van der Waals surface area (Å²) < 4.78 is 0.446. The van der Waals surface area contributed by atoms with Crippen LogP contribution in [0.4, 0.5) is 10.6 Å². The number of hydrogen-bond donors (Lipinski definition) is 2. The molecule has 0 bridgehead atoms. The van der Waals surface area contributed by atoms with Crippen LogP contribution in [0.1, 0.15) is 11.1 Å². The number of anilines is 1. The van der Waals surface area contributed by atoms with Gasteiger partial charge in [0, 0.05) is 31.7 Å². The first-order chi connectivity index (χ1) is 9.63. The van der Waals surface area contributed by atoms with E-state index in [0.29, 0.717) is 17.7 Å². The van der Waals surface area contributed by atoms with Gasteiger partial charge in [-0.25, -0.2) is 9.78 Å². The van der Waals surface area contributed by atoms with Crippen LogP contribution in [0.15, 0.2) is 34.1 Å². The summed E-state index contributed by atoms with van der Waals surface area (Å²) in [6, 6.07) is 1.52. The second-order valence-corrected chi connectivity index (χ2v) is 5.14. The van der Waals surface area contributed by atoms with Gasteiger partial charge in [-0.3, -0.25) is 15.1 Å². The van der Waals surface area contributed by atoms with Crippen LogP contribution < -0.4 is 10.9 Å². The van der Waals surface area contributed by atoms with Crippen molar-refractivity contribution in [2.75, 3.05) is 5.32 Å². The largest absolute Gasteiger partial charge is 0.323 e. The summed E-state index contributed by atoms with van der Waals surface area (Å²) in [7, 11) is 0. The number of hydrogen-bond acceptors (Lipinski definition) is 4. The zero-order valence-corrected chi connectivity index (χ0v) is 11.8. The van der Waals surface area contributed by atoms with Crippen LogP contribution in [0.25, 0.3) is 0 Å². The maximum atomic E-state index is 12.1. The van der Waals surface area contributed by atoms with Crippen LogP contribution in [0.3, 0.4) is 0 Å². The lowest BCUT2D eigenvalue weighted by Gasteiger charge is -2.15. The van der Waals surface area contributed by atoms with Crippen LogP contribution in [-0.2, 0) is 13.1 Å². The summed E-state index contributed by atoms with van der Waals surface area (Å²) >= 11 is 3.14. The third kappa shape index (κ3) is 2.42. The molecular formula is C12H10BrN5O2. The Hall–Kier alpha value is -2.22. The molecule has 0 fully saturated rings. The van der Waals surface area contributed by atoms with Crippen LogP contribution in [-0.4, -0.2) is 25.9 Å². The molecule has 2 aromatic heterocycles. The number of amides is 2. The summed E-state index contributed by atoms with van der Waals surface area (Å²) in [5, 5.41) is 2.51. The highest BCUT2D eigenvalue weighted by Gasteiger charge is 2.24. The van der Waals surface area contributed by atoms with Crippen LogP contribution in [0, 0.1) is 0 Å². The van der Waals surface area contributed by atoms with Crippen molar-refractivity contribution in [1.82, 2.24) is 19.9 Å². The molecule has 0 saturated heterocycles. The van der Waals surface area contributed by atoms with E-state index in [1.54, 1.807) is 17.3 Å². The molecule has 0 radical (unpaired) electrons. The molecule has 102 valence electrons. The molecule has 8 heteroatoms. The van der Waals surface area contributed by atoms with Gasteiger partial charge in [0.05, 0.1) is 0 Å². The Balaban J connectivity index is 1.76. The number of aromatic amines is 1. The van der Waals surface area contributed by atoms with Crippen molar-refractivity contribution >= 4 is 27.8 Å². The van der Waals surface area contributed by atoms with Gasteiger partial charge in [-0.05, 0) is 33.1 Å². The highest BCUT2D eigenvalue weighted by Crippen LogP contribution is 2.21. The van der Waals surface area contributed by atoms with Crippen molar-refractivity contribution in [2.24, 2.45) is 0 Å². The van der Waals surface area contributed by atoms with Crippen LogP contribution >= 0.6 is 15.9 Å². The number of pyridine rings is 1. The van der Waals surface area contributed by atoms with Crippen molar-refractivity contribution in [2.45, 2.75) is 13.1 Å². The molecule has 2 N–H and O–H groups in total. The number of halogens is 1. The first-order valence-electron chi connectivity index (χ1n) is 5.86. The molecule has 2 aromatic rings. The average molecular weight is 336 g/mol. The summed E-state index contributed by atoms with van der Waals surface area (Å²) in [6.45, 7) is 0.969. The zero-order valence-electron chi connectivity index (χ0n) is 10.3. The molecule has 20 heavy (non-hydrogen) atoms. The monoisotopic (exact) mass is 335 g/mol. The van der Waals surface area contributed by atoms with Crippen LogP contribution in [0.5, 0.6) is 0 Å². The van der Waals surface area contributed by atoms with Crippen molar-refractivity contribution < 1.29 is 4.79 Å². The highest BCUT2D eigenvalue weighted by molar-refractivity contribution is 9.10. The maximum absolute atomic E-state index is 12.1. The Labute approximate surface area is 122 Å². The molecular weight excluding hydrogens is 326 g/mol. The third-order valence-electron chi connectivity index (χ3n) is 3.00. The summed E-state index contributed by atoms with van der Waals surface area (Å²) in [6.07, 6.45) is 4.85. The lowest BCUT2D eigenvalue weighted by Crippen LogP contribution is -2.32. The van der Waals surface area contributed by atoms with Crippen molar-refractivity contribution in [1.29, 1.82) is 0 Å². The standard InChI is InChI=1S/C12H10BrN5O2/c13-9-4-15-11(19)10(16-9)17-12(20)18-5-7-1-2-14-3-8(7)6-18/h1-4H,5-6H2,(H,15,19)(H,16,17,20). The number of carbonyl (C=O) groups is 1. The van der Waals surface area contributed by atoms with E-state index < -0.39 is 5.56 Å². The molecule has 0 aromatic carbocycles. The number of carbonyl (C=O) groups excluding carboxylic acids is 1. The van der Waals surface area contributed by atoms with Gasteiger partial charge in [0.2, 0.25) is 5.82 Å². The van der Waals surface area contributed by atoms with Gasteiger partial charge in [0.25, 0.3) is 5.56 Å². The molecule has 7 nitrogen and oxygen atoms in total. The van der Waals surface area contributed by atoms with E-state index in [1.807, 2.05) is 6.07 Å². The Morgan fingerprint density at radius 3 is 3.00 bits per heavy atom. The lowest BCUT2D eigenvalue weighted by molar-refractivity contribution is 0.212. The van der Waals surface area contributed by atoms with Crippen molar-refractivity contribution in [3.8, 4) is 0 Å². The molecule has 0 saturated carbocycles. The second-order valence-electron chi connectivity index (χ2n) is 4.33. The van der Waals surface area contributed by atoms with E-state index in [4.69, 9.17) is 0 Å². The SMILES string of the molecule is O=C(Nc1nc(Br)c[nH]c1=O)N1Cc2ccncc2C1. The van der Waals surface area contributed by atoms with Gasteiger partial charge in [-0.15, -0.1) is 0 Å². The Morgan fingerprint density at radius 1 is 1.40 bits per heavy atom. The number of aromatic nitrogens is 3. The second kappa shape index (κ2) is 5.04. The van der Waals surface area contributed by atoms with Gasteiger partial charge in [0.15, 0.2) is 0 Å². The molecule has 2 amide bonds. The van der Waals surface area contributed by atoms with Crippen molar-refractivity contribution in [3.63, 3.8) is 0 Å². The molecule has 0 unspecified atom stereocenters. The molecule has 0 atom stereocenters. The normalized spacial score (nSPS) is 13.2. The van der Waals surface area contributed by atoms with E-state index in [0.717, 1.165) is 11.1 Å². The minimum atomic E-state index is -0.445. The first-order valence-corrected chi connectivity index (χ1v) is 6.66. The maximum Gasteiger partial charge on any atom is 0.323 e. The fourth-order valence-corrected chi connectivity index (χ4v) is 2.30. The molecule has 0 aliphatic carbocycles. The van der Waals surface area contributed by atoms with E-state index in [1.165, 1.54) is 6.20 Å². The summed E-state index contributed by atoms with van der Waals surface area (Å²) in [5.41, 5.74) is 1.63. The molecule has 3 heterocycles. The minimum Gasteiger partial charge on any atom is -0.323 e. The van der Waals surface area contributed by atoms with Gasteiger partial charge in [0.1, 0.15) is 4.60 Å². The molecule has 3 rings (SSSR count). The predicted octanol–water partition coefficient (Wildman–Crippen LogP) is 1.48. The van der Waals surface area contributed by atoms with Crippen LogP contribution in [0.2, 0.25) is 0 Å². The van der Waals surface area contributed by atoms with E-state index >= 15 is 0 Å². The molecule has 1 aliphatic heterocycles. The topological polar surface area (TPSA) is 91.0 Å². The van der Waals surface area contributed by atoms with Gasteiger partial charge >= 0.3 is 6.03 Å². The average Bonchev–Trinajstić information content (AvgIpc) is 2.87. The number of nitrogens with one attached hydrogen (secondary N) is 2. The smallest absolute Gasteiger partial charge is 0.323 e. The number of urea groups is 1. The summed E-state index contributed by atoms with van der Waals surface area (Å²) in [5.74, 6) is -0.0292. The number of fused-ring (bicyclic) bond motifs is 1. The molecule has 0 spiro atoms. The van der Waals surface area contributed by atoms with E-state index in [-0.39, 0.29) is 11.8 Å². The Morgan fingerprint density at radius 2 is 2.20 bits per heavy atom. The Kier molecular flexibility index (Phi) is 3.23. The Bertz CT molecular complexity index is 705. The fraction of sp³-hybridized carbons (Fsp3) is 0.167. The van der Waals surface area contributed by atoms with Crippen molar-refractivity contribution in [3.05, 3.63) is 50.7 Å². The quantitative estimate of drug-likeness (QED) is 0.825. The summed E-state index contributed by atoms with van der Waals surface area (Å²) in [4.78, 5) is 35.7. The number of H-pyrrole nitrogens is 1. The molecule has 1 aliphatic rings. The number of rotatable bonds is 1. The zero-order chi connectivity index (χ0) is 14.1. The first kappa shape index (κ1) is 12.8. The van der Waals surface area contributed by atoms with Gasteiger partial charge in [-0.2, -0.15) is 0 Å². The highest BCUT2D eigenvalue weighted by atomic mass is 79.9. The predicted molar refractivity (Wildman–Crippen MR) is 75.1 cm³/mol. The number of nitrogens with zero attached hydrogens (tertiary/aromatic N) is 3. The minimum absolute atomic E-state index is 0.0292. The van der Waals surface area contributed by atoms with Gasteiger partial charge in [-0.1, -0.05) is 0 Å². The fourth-order valence-electron chi connectivity index (χ4n) is 2.01. The lowest BCUT2D eigenvalue weighted by atomic mass is 10.2.